The number of nitrogens with zero attached hydrogens (tertiary/aromatic N) is 2. The van der Waals surface area contributed by atoms with E-state index in [2.05, 4.69) is 0 Å². The summed E-state index contributed by atoms with van der Waals surface area (Å²) in [5, 5.41) is 0. The monoisotopic (exact) mass is 400 g/mol. The molecule has 1 saturated heterocycles. The van der Waals surface area contributed by atoms with Gasteiger partial charge in [0, 0.05) is 26.2 Å². The number of esters is 1. The fraction of sp³-hybridized carbons (Fsp3) is 0.350. The van der Waals surface area contributed by atoms with Gasteiger partial charge >= 0.3 is 5.97 Å². The van der Waals surface area contributed by atoms with Crippen LogP contribution in [-0.2, 0) is 14.3 Å². The number of hydrogen-bond donors (Lipinski definition) is 0. The Balaban J connectivity index is 1.22. The van der Waals surface area contributed by atoms with Gasteiger partial charge in [0.05, 0.1) is 6.26 Å². The average molecular weight is 400 g/mol. The highest BCUT2D eigenvalue weighted by molar-refractivity contribution is 5.91. The van der Waals surface area contributed by atoms with E-state index in [1.807, 2.05) is 0 Å². The van der Waals surface area contributed by atoms with Gasteiger partial charge in [-0.25, -0.2) is 4.79 Å². The molecule has 2 aliphatic heterocycles. The summed E-state index contributed by atoms with van der Waals surface area (Å²) < 4.78 is 21.3. The third kappa shape index (κ3) is 4.18. The molecule has 0 aliphatic carbocycles. The smallest absolute Gasteiger partial charge is 0.351 e. The molecule has 0 spiro atoms. The van der Waals surface area contributed by atoms with Crippen LogP contribution in [0, 0.1) is 0 Å². The van der Waals surface area contributed by atoms with Gasteiger partial charge in [-0.15, -0.1) is 0 Å². The van der Waals surface area contributed by atoms with Crippen molar-refractivity contribution in [3.05, 3.63) is 48.4 Å². The van der Waals surface area contributed by atoms with E-state index in [1.54, 1.807) is 46.2 Å². The zero-order valence-electron chi connectivity index (χ0n) is 15.6. The minimum atomic E-state index is -0.916. The van der Waals surface area contributed by atoms with Crippen LogP contribution >= 0.6 is 0 Å². The molecular weight excluding hydrogens is 380 g/mol. The number of carbonyl (C=O) groups excluding carboxylic acids is 3. The standard InChI is InChI=1S/C20H20N2O7/c23-18(21-7-9-22(10-8-21)19(24)16-6-3-11-26-16)13-28-20(25)17-12-27-14-4-1-2-5-15(14)29-17/h1-6,11,17H,7-10,12-13H2/t17-/m1/s1. The van der Waals surface area contributed by atoms with Crippen molar-refractivity contribution in [1.29, 1.82) is 0 Å². The Kier molecular flexibility index (Phi) is 5.37. The number of rotatable bonds is 4. The Morgan fingerprint density at radius 3 is 2.41 bits per heavy atom. The molecule has 0 radical (unpaired) electrons. The van der Waals surface area contributed by atoms with Crippen LogP contribution in [0.15, 0.2) is 47.1 Å². The van der Waals surface area contributed by atoms with Crippen LogP contribution in [0.25, 0.3) is 0 Å². The van der Waals surface area contributed by atoms with Crippen molar-refractivity contribution in [2.24, 2.45) is 0 Å². The maximum Gasteiger partial charge on any atom is 0.351 e. The average Bonchev–Trinajstić information content (AvgIpc) is 3.31. The predicted octanol–water partition coefficient (Wildman–Crippen LogP) is 0.947. The Morgan fingerprint density at radius 1 is 0.966 bits per heavy atom. The molecule has 2 amide bonds. The number of hydrogen-bond acceptors (Lipinski definition) is 7. The predicted molar refractivity (Wildman–Crippen MR) is 98.5 cm³/mol. The molecule has 2 aromatic rings. The van der Waals surface area contributed by atoms with Gasteiger partial charge in [-0.2, -0.15) is 0 Å². The third-order valence-corrected chi connectivity index (χ3v) is 4.76. The summed E-state index contributed by atoms with van der Waals surface area (Å²) in [6, 6.07) is 10.3. The highest BCUT2D eigenvalue weighted by atomic mass is 16.6. The number of fused-ring (bicyclic) bond motifs is 1. The minimum Gasteiger partial charge on any atom is -0.485 e. The highest BCUT2D eigenvalue weighted by Crippen LogP contribution is 2.31. The second-order valence-electron chi connectivity index (χ2n) is 6.62. The maximum atomic E-state index is 12.3. The molecular formula is C20H20N2O7. The molecule has 3 heterocycles. The van der Waals surface area contributed by atoms with E-state index < -0.39 is 12.1 Å². The summed E-state index contributed by atoms with van der Waals surface area (Å²) in [6.45, 7) is 1.13. The van der Waals surface area contributed by atoms with E-state index in [1.165, 1.54) is 6.26 Å². The fourth-order valence-electron chi connectivity index (χ4n) is 3.17. The van der Waals surface area contributed by atoms with Gasteiger partial charge in [0.15, 0.2) is 23.9 Å². The Morgan fingerprint density at radius 2 is 1.69 bits per heavy atom. The molecule has 2 aliphatic rings. The SMILES string of the molecule is O=C(OCC(=O)N1CCN(C(=O)c2ccco2)CC1)[C@H]1COc2ccccc2O1. The van der Waals surface area contributed by atoms with Crippen LogP contribution in [0.4, 0.5) is 0 Å². The molecule has 9 heteroatoms. The van der Waals surface area contributed by atoms with Crippen LogP contribution in [0.2, 0.25) is 0 Å². The Bertz CT molecular complexity index is 888. The van der Waals surface area contributed by atoms with E-state index in [-0.39, 0.29) is 30.8 Å². The van der Waals surface area contributed by atoms with Crippen molar-refractivity contribution >= 4 is 17.8 Å². The second-order valence-corrected chi connectivity index (χ2v) is 6.62. The third-order valence-electron chi connectivity index (χ3n) is 4.76. The lowest BCUT2D eigenvalue weighted by Crippen LogP contribution is -2.51. The zero-order valence-corrected chi connectivity index (χ0v) is 15.6. The van der Waals surface area contributed by atoms with E-state index >= 15 is 0 Å². The lowest BCUT2D eigenvalue weighted by Gasteiger charge is -2.34. The Labute approximate surface area is 166 Å². The zero-order chi connectivity index (χ0) is 20.2. The fourth-order valence-corrected chi connectivity index (χ4v) is 3.17. The van der Waals surface area contributed by atoms with Crippen LogP contribution in [0.5, 0.6) is 11.5 Å². The number of piperazine rings is 1. The normalized spacial score (nSPS) is 18.3. The minimum absolute atomic E-state index is 0.0254. The van der Waals surface area contributed by atoms with E-state index in [0.717, 1.165) is 0 Å². The van der Waals surface area contributed by atoms with Crippen molar-refractivity contribution < 1.29 is 33.0 Å². The van der Waals surface area contributed by atoms with Gasteiger partial charge in [0.1, 0.15) is 6.61 Å². The van der Waals surface area contributed by atoms with E-state index in [9.17, 15) is 14.4 Å². The van der Waals surface area contributed by atoms with Gasteiger partial charge in [-0.3, -0.25) is 9.59 Å². The molecule has 0 unspecified atom stereocenters. The lowest BCUT2D eigenvalue weighted by atomic mass is 10.2. The van der Waals surface area contributed by atoms with Crippen molar-refractivity contribution in [3.8, 4) is 11.5 Å². The molecule has 1 fully saturated rings. The van der Waals surface area contributed by atoms with Gasteiger partial charge < -0.3 is 28.4 Å². The first-order chi connectivity index (χ1) is 14.1. The van der Waals surface area contributed by atoms with Crippen LogP contribution < -0.4 is 9.47 Å². The van der Waals surface area contributed by atoms with Crippen LogP contribution in [0.1, 0.15) is 10.6 Å². The molecule has 0 bridgehead atoms. The van der Waals surface area contributed by atoms with Gasteiger partial charge in [0.2, 0.25) is 6.10 Å². The summed E-state index contributed by atoms with van der Waals surface area (Å²) in [6.07, 6.45) is 0.529. The number of furan rings is 1. The van der Waals surface area contributed by atoms with Crippen molar-refractivity contribution in [2.45, 2.75) is 6.10 Å². The highest BCUT2D eigenvalue weighted by Gasteiger charge is 2.30. The van der Waals surface area contributed by atoms with Crippen molar-refractivity contribution in [3.63, 3.8) is 0 Å². The lowest BCUT2D eigenvalue weighted by molar-refractivity contribution is -0.160. The van der Waals surface area contributed by atoms with Gasteiger partial charge in [0.25, 0.3) is 11.8 Å². The molecule has 29 heavy (non-hydrogen) atoms. The van der Waals surface area contributed by atoms with Gasteiger partial charge in [-0.05, 0) is 24.3 Å². The molecule has 4 rings (SSSR count). The summed E-state index contributed by atoms with van der Waals surface area (Å²) in [7, 11) is 0. The van der Waals surface area contributed by atoms with Crippen molar-refractivity contribution in [1.82, 2.24) is 9.80 Å². The molecule has 1 aromatic heterocycles. The molecule has 0 N–H and O–H groups in total. The number of para-hydroxylation sites is 2. The summed E-state index contributed by atoms with van der Waals surface area (Å²) in [4.78, 5) is 40.0. The summed E-state index contributed by atoms with van der Waals surface area (Å²) >= 11 is 0. The number of ether oxygens (including phenoxy) is 3. The number of amides is 2. The maximum absolute atomic E-state index is 12.3. The van der Waals surface area contributed by atoms with E-state index in [4.69, 9.17) is 18.6 Å². The summed E-state index contributed by atoms with van der Waals surface area (Å²) in [5.74, 6) is 0.122. The quantitative estimate of drug-likeness (QED) is 0.705. The summed E-state index contributed by atoms with van der Waals surface area (Å²) in [5.41, 5.74) is 0. The molecule has 0 saturated carbocycles. The topological polar surface area (TPSA) is 98.5 Å². The Hall–Kier alpha value is -3.49. The van der Waals surface area contributed by atoms with Gasteiger partial charge in [-0.1, -0.05) is 12.1 Å². The van der Waals surface area contributed by atoms with Crippen LogP contribution in [-0.4, -0.2) is 73.1 Å². The first-order valence-electron chi connectivity index (χ1n) is 9.27. The van der Waals surface area contributed by atoms with E-state index in [0.29, 0.717) is 37.7 Å². The van der Waals surface area contributed by atoms with Crippen molar-refractivity contribution in [2.75, 3.05) is 39.4 Å². The number of benzene rings is 1. The largest absolute Gasteiger partial charge is 0.485 e. The first-order valence-corrected chi connectivity index (χ1v) is 9.27. The number of carbonyl (C=O) groups is 3. The molecule has 152 valence electrons. The molecule has 9 nitrogen and oxygen atoms in total. The molecule has 1 atom stereocenters. The molecule has 1 aromatic carbocycles. The van der Waals surface area contributed by atoms with Crippen LogP contribution in [0.3, 0.4) is 0 Å². The second kappa shape index (κ2) is 8.26. The first kappa shape index (κ1) is 18.9.